The maximum absolute atomic E-state index is 12.9. The van der Waals surface area contributed by atoms with Crippen LogP contribution in [0.1, 0.15) is 39.2 Å². The molecule has 0 bridgehead atoms. The Balaban J connectivity index is 1.87. The third-order valence-electron chi connectivity index (χ3n) is 4.49. The first-order valence-corrected chi connectivity index (χ1v) is 7.82. The fourth-order valence-electron chi connectivity index (χ4n) is 3.02. The number of hydrogen-bond acceptors (Lipinski definition) is 3. The van der Waals surface area contributed by atoms with Gasteiger partial charge in [0.15, 0.2) is 0 Å². The summed E-state index contributed by atoms with van der Waals surface area (Å²) < 4.78 is 0. The summed E-state index contributed by atoms with van der Waals surface area (Å²) in [6, 6.07) is 3.84. The zero-order valence-electron chi connectivity index (χ0n) is 13.7. The second-order valence-corrected chi connectivity index (χ2v) is 7.39. The lowest BCUT2D eigenvalue weighted by Crippen LogP contribution is -2.62. The summed E-state index contributed by atoms with van der Waals surface area (Å²) in [5.74, 6) is 0.771. The van der Waals surface area contributed by atoms with Gasteiger partial charge in [0, 0.05) is 24.7 Å². The number of piperazine rings is 1. The van der Waals surface area contributed by atoms with E-state index in [-0.39, 0.29) is 11.8 Å². The summed E-state index contributed by atoms with van der Waals surface area (Å²) >= 11 is 0. The fourth-order valence-corrected chi connectivity index (χ4v) is 3.02. The number of carbonyl (C=O) groups excluding carboxylic acids is 2. The molecule has 2 fully saturated rings. The van der Waals surface area contributed by atoms with Gasteiger partial charge >= 0.3 is 0 Å². The Morgan fingerprint density at radius 2 is 1.91 bits per heavy atom. The minimum absolute atomic E-state index is 0.0210. The lowest BCUT2D eigenvalue weighted by Gasteiger charge is -2.43. The van der Waals surface area contributed by atoms with Gasteiger partial charge in [-0.1, -0.05) is 26.8 Å². The summed E-state index contributed by atoms with van der Waals surface area (Å²) in [6.07, 6.45) is 3.29. The second-order valence-electron chi connectivity index (χ2n) is 7.39. The van der Waals surface area contributed by atoms with E-state index in [1.807, 2.05) is 39.8 Å². The minimum atomic E-state index is -0.616. The van der Waals surface area contributed by atoms with Crippen molar-refractivity contribution in [1.82, 2.24) is 9.88 Å². The van der Waals surface area contributed by atoms with E-state index < -0.39 is 11.0 Å². The Bertz CT molecular complexity index is 612. The van der Waals surface area contributed by atoms with Gasteiger partial charge in [-0.15, -0.1) is 0 Å². The predicted octanol–water partition coefficient (Wildman–Crippen LogP) is 2.14. The lowest BCUT2D eigenvalue weighted by atomic mass is 9.92. The van der Waals surface area contributed by atoms with E-state index in [1.54, 1.807) is 16.0 Å². The van der Waals surface area contributed by atoms with Gasteiger partial charge in [-0.25, -0.2) is 4.98 Å². The van der Waals surface area contributed by atoms with E-state index in [0.717, 1.165) is 18.4 Å². The van der Waals surface area contributed by atoms with Crippen LogP contribution in [-0.4, -0.2) is 40.3 Å². The molecule has 1 saturated heterocycles. The van der Waals surface area contributed by atoms with E-state index in [2.05, 4.69) is 4.98 Å². The molecule has 1 saturated carbocycles. The summed E-state index contributed by atoms with van der Waals surface area (Å²) in [6.45, 7) is 8.79. The lowest BCUT2D eigenvalue weighted by molar-refractivity contribution is -0.149. The van der Waals surface area contributed by atoms with Gasteiger partial charge in [-0.05, 0) is 31.4 Å². The highest BCUT2D eigenvalue weighted by atomic mass is 16.2. The Hall–Kier alpha value is -1.91. The highest BCUT2D eigenvalue weighted by Crippen LogP contribution is 2.47. The molecule has 2 amide bonds. The van der Waals surface area contributed by atoms with Crippen LogP contribution < -0.4 is 4.90 Å². The van der Waals surface area contributed by atoms with Crippen LogP contribution in [0.2, 0.25) is 0 Å². The summed E-state index contributed by atoms with van der Waals surface area (Å²) in [7, 11) is 0. The van der Waals surface area contributed by atoms with Crippen LogP contribution in [0, 0.1) is 12.3 Å². The Morgan fingerprint density at radius 1 is 1.23 bits per heavy atom. The maximum atomic E-state index is 12.9. The molecular weight excluding hydrogens is 278 g/mol. The Kier molecular flexibility index (Phi) is 3.27. The molecule has 0 aromatic carbocycles. The van der Waals surface area contributed by atoms with Crippen LogP contribution in [0.15, 0.2) is 18.3 Å². The molecule has 0 radical (unpaired) electrons. The van der Waals surface area contributed by atoms with Gasteiger partial charge < -0.3 is 4.90 Å². The van der Waals surface area contributed by atoms with E-state index in [1.165, 1.54) is 0 Å². The van der Waals surface area contributed by atoms with Crippen LogP contribution in [0.3, 0.4) is 0 Å². The standard InChI is InChI=1S/C17H23N3O2/c1-12-5-6-13(18-11-12)19-9-10-20(14(21)16(2,3)4)17(7-8-17)15(19)22/h5-6,11H,7-10H2,1-4H3. The Labute approximate surface area is 131 Å². The first kappa shape index (κ1) is 15.0. The average molecular weight is 301 g/mol. The van der Waals surface area contributed by atoms with E-state index in [9.17, 15) is 9.59 Å². The number of nitrogens with zero attached hydrogens (tertiary/aromatic N) is 3. The van der Waals surface area contributed by atoms with Crippen molar-refractivity contribution in [2.75, 3.05) is 18.0 Å². The molecule has 2 aliphatic rings. The van der Waals surface area contributed by atoms with Gasteiger partial charge in [-0.2, -0.15) is 0 Å². The summed E-state index contributed by atoms with van der Waals surface area (Å²) in [5.41, 5.74) is -0.00567. The molecule has 1 aliphatic carbocycles. The third kappa shape index (κ3) is 2.28. The first-order chi connectivity index (χ1) is 10.3. The smallest absolute Gasteiger partial charge is 0.254 e. The quantitative estimate of drug-likeness (QED) is 0.798. The normalized spacial score (nSPS) is 20.5. The molecule has 22 heavy (non-hydrogen) atoms. The molecule has 5 nitrogen and oxygen atoms in total. The zero-order valence-corrected chi connectivity index (χ0v) is 13.7. The van der Waals surface area contributed by atoms with Crippen molar-refractivity contribution in [3.8, 4) is 0 Å². The number of aryl methyl sites for hydroxylation is 1. The summed E-state index contributed by atoms with van der Waals surface area (Å²) in [5, 5.41) is 0. The second kappa shape index (κ2) is 4.80. The van der Waals surface area contributed by atoms with Crippen LogP contribution in [0.5, 0.6) is 0 Å². The number of carbonyl (C=O) groups is 2. The molecular formula is C17H23N3O2. The van der Waals surface area contributed by atoms with Crippen molar-refractivity contribution < 1.29 is 9.59 Å². The molecule has 2 heterocycles. The van der Waals surface area contributed by atoms with Crippen molar-refractivity contribution >= 4 is 17.6 Å². The number of rotatable bonds is 1. The van der Waals surface area contributed by atoms with Crippen LogP contribution in [0.4, 0.5) is 5.82 Å². The Morgan fingerprint density at radius 3 is 2.41 bits per heavy atom. The number of pyridine rings is 1. The van der Waals surface area contributed by atoms with Crippen molar-refractivity contribution in [1.29, 1.82) is 0 Å². The van der Waals surface area contributed by atoms with Crippen LogP contribution >= 0.6 is 0 Å². The van der Waals surface area contributed by atoms with Crippen molar-refractivity contribution in [3.05, 3.63) is 23.9 Å². The molecule has 5 heteroatoms. The molecule has 1 spiro atoms. The maximum Gasteiger partial charge on any atom is 0.254 e. The van der Waals surface area contributed by atoms with Gasteiger partial charge in [0.25, 0.3) is 5.91 Å². The molecule has 1 aromatic heterocycles. The van der Waals surface area contributed by atoms with Gasteiger partial charge in [-0.3, -0.25) is 14.5 Å². The predicted molar refractivity (Wildman–Crippen MR) is 84.5 cm³/mol. The number of amides is 2. The van der Waals surface area contributed by atoms with E-state index in [0.29, 0.717) is 18.9 Å². The first-order valence-electron chi connectivity index (χ1n) is 7.82. The van der Waals surface area contributed by atoms with Gasteiger partial charge in [0.2, 0.25) is 5.91 Å². The molecule has 0 unspecified atom stereocenters. The molecule has 118 valence electrons. The van der Waals surface area contributed by atoms with Crippen LogP contribution in [0.25, 0.3) is 0 Å². The highest BCUT2D eigenvalue weighted by Gasteiger charge is 2.61. The molecule has 1 aliphatic heterocycles. The fraction of sp³-hybridized carbons (Fsp3) is 0.588. The molecule has 1 aromatic rings. The number of aromatic nitrogens is 1. The third-order valence-corrected chi connectivity index (χ3v) is 4.49. The molecule has 0 N–H and O–H groups in total. The SMILES string of the molecule is Cc1ccc(N2CCN(C(=O)C(C)(C)C)C3(CC3)C2=O)nc1. The van der Waals surface area contributed by atoms with Crippen molar-refractivity contribution in [2.45, 2.75) is 46.1 Å². The van der Waals surface area contributed by atoms with Crippen LogP contribution in [-0.2, 0) is 9.59 Å². The molecule has 3 rings (SSSR count). The monoisotopic (exact) mass is 301 g/mol. The van der Waals surface area contributed by atoms with E-state index >= 15 is 0 Å². The van der Waals surface area contributed by atoms with Crippen molar-refractivity contribution in [3.63, 3.8) is 0 Å². The average Bonchev–Trinajstić information content (AvgIpc) is 3.23. The number of anilines is 1. The highest BCUT2D eigenvalue weighted by molar-refractivity contribution is 6.05. The largest absolute Gasteiger partial charge is 0.326 e. The van der Waals surface area contributed by atoms with Gasteiger partial charge in [0.1, 0.15) is 11.4 Å². The van der Waals surface area contributed by atoms with Crippen molar-refractivity contribution in [2.24, 2.45) is 5.41 Å². The van der Waals surface area contributed by atoms with E-state index in [4.69, 9.17) is 0 Å². The zero-order chi connectivity index (χ0) is 16.1. The van der Waals surface area contributed by atoms with Gasteiger partial charge in [0.05, 0.1) is 0 Å². The number of hydrogen-bond donors (Lipinski definition) is 0. The summed E-state index contributed by atoms with van der Waals surface area (Å²) in [4.78, 5) is 33.5. The topological polar surface area (TPSA) is 53.5 Å². The molecule has 0 atom stereocenters. The minimum Gasteiger partial charge on any atom is -0.326 e.